The second kappa shape index (κ2) is 5.99. The van der Waals surface area contributed by atoms with Crippen molar-refractivity contribution in [3.05, 3.63) is 70.0 Å². The number of rotatable bonds is 3. The number of nitrogens with two attached hydrogens (primary N) is 1. The lowest BCUT2D eigenvalue weighted by Crippen LogP contribution is -2.26. The van der Waals surface area contributed by atoms with Crippen LogP contribution in [0.25, 0.3) is 16.6 Å². The molecule has 1 heterocycles. The third-order valence-electron chi connectivity index (χ3n) is 3.52. The third kappa shape index (κ3) is 2.58. The number of fused-ring (bicyclic) bond motifs is 1. The molecule has 0 aliphatic heterocycles. The zero-order chi connectivity index (χ0) is 16.4. The highest BCUT2D eigenvalue weighted by atomic mass is 19.1. The van der Waals surface area contributed by atoms with Gasteiger partial charge in [-0.1, -0.05) is 12.1 Å². The monoisotopic (exact) mass is 308 g/mol. The number of hydrogen-bond acceptors (Lipinski definition) is 4. The maximum absolute atomic E-state index is 14.1. The molecule has 2 aromatic carbocycles. The normalized spacial score (nSPS) is 10.7. The van der Waals surface area contributed by atoms with E-state index >= 15 is 0 Å². The molecule has 3 aromatic rings. The molecule has 5 nitrogen and oxygen atoms in total. The van der Waals surface area contributed by atoms with Crippen LogP contribution in [0.4, 0.5) is 4.39 Å². The van der Waals surface area contributed by atoms with Crippen molar-refractivity contribution in [1.82, 2.24) is 9.55 Å². The van der Waals surface area contributed by atoms with E-state index in [0.29, 0.717) is 35.6 Å². The van der Waals surface area contributed by atoms with Gasteiger partial charge in [0.05, 0.1) is 22.8 Å². The zero-order valence-corrected chi connectivity index (χ0v) is 12.2. The van der Waals surface area contributed by atoms with Gasteiger partial charge in [0.15, 0.2) is 0 Å². The molecule has 23 heavy (non-hydrogen) atoms. The predicted octanol–water partition coefficient (Wildman–Crippen LogP) is 1.90. The molecule has 0 radical (unpaired) electrons. The summed E-state index contributed by atoms with van der Waals surface area (Å²) in [6, 6.07) is 12.9. The van der Waals surface area contributed by atoms with E-state index in [-0.39, 0.29) is 5.39 Å². The second-order valence-electron chi connectivity index (χ2n) is 5.00. The highest BCUT2D eigenvalue weighted by Crippen LogP contribution is 2.16. The Hall–Kier alpha value is -3.04. The Labute approximate surface area is 131 Å². The van der Waals surface area contributed by atoms with Gasteiger partial charge in [-0.15, -0.1) is 0 Å². The Morgan fingerprint density at radius 1 is 1.26 bits per heavy atom. The van der Waals surface area contributed by atoms with Crippen LogP contribution in [-0.2, 0) is 6.42 Å². The summed E-state index contributed by atoms with van der Waals surface area (Å²) in [4.78, 5) is 17.2. The summed E-state index contributed by atoms with van der Waals surface area (Å²) >= 11 is 0. The number of halogens is 1. The molecule has 6 heteroatoms. The minimum Gasteiger partial charge on any atom is -0.330 e. The van der Waals surface area contributed by atoms with Gasteiger partial charge in [-0.25, -0.2) is 9.37 Å². The largest absolute Gasteiger partial charge is 0.330 e. The van der Waals surface area contributed by atoms with E-state index in [1.807, 2.05) is 6.07 Å². The molecule has 0 aliphatic rings. The number of nitrogens with zero attached hydrogens (tertiary/aromatic N) is 3. The molecule has 0 bridgehead atoms. The lowest BCUT2D eigenvalue weighted by molar-refractivity contribution is 0.636. The van der Waals surface area contributed by atoms with E-state index in [2.05, 4.69) is 4.98 Å². The predicted molar refractivity (Wildman–Crippen MR) is 84.8 cm³/mol. The Balaban J connectivity index is 2.40. The SMILES string of the molecule is N#Cc1cccc(-n2c(CCN)nc3cccc(F)c3c2=O)c1. The van der Waals surface area contributed by atoms with Crippen LogP contribution < -0.4 is 11.3 Å². The van der Waals surface area contributed by atoms with Crippen LogP contribution in [-0.4, -0.2) is 16.1 Å². The van der Waals surface area contributed by atoms with Crippen LogP contribution >= 0.6 is 0 Å². The number of hydrogen-bond donors (Lipinski definition) is 1. The van der Waals surface area contributed by atoms with Gasteiger partial charge in [0.1, 0.15) is 17.0 Å². The van der Waals surface area contributed by atoms with E-state index in [9.17, 15) is 9.18 Å². The molecule has 0 saturated heterocycles. The smallest absolute Gasteiger partial charge is 0.268 e. The van der Waals surface area contributed by atoms with Gasteiger partial charge >= 0.3 is 0 Å². The van der Waals surface area contributed by atoms with Gasteiger partial charge in [0.2, 0.25) is 0 Å². The van der Waals surface area contributed by atoms with E-state index in [1.165, 1.54) is 16.7 Å². The van der Waals surface area contributed by atoms with E-state index < -0.39 is 11.4 Å². The summed E-state index contributed by atoms with van der Waals surface area (Å²) in [5, 5.41) is 8.96. The maximum atomic E-state index is 14.1. The minimum atomic E-state index is -0.621. The van der Waals surface area contributed by atoms with Crippen molar-refractivity contribution < 1.29 is 4.39 Å². The first kappa shape index (κ1) is 14.9. The van der Waals surface area contributed by atoms with Crippen LogP contribution in [0.3, 0.4) is 0 Å². The highest BCUT2D eigenvalue weighted by molar-refractivity contribution is 5.78. The van der Waals surface area contributed by atoms with Crippen molar-refractivity contribution in [1.29, 1.82) is 5.26 Å². The maximum Gasteiger partial charge on any atom is 0.268 e. The van der Waals surface area contributed by atoms with E-state index in [1.54, 1.807) is 30.3 Å². The van der Waals surface area contributed by atoms with Gasteiger partial charge < -0.3 is 5.73 Å². The van der Waals surface area contributed by atoms with Gasteiger partial charge in [-0.05, 0) is 36.9 Å². The molecule has 0 spiro atoms. The molecule has 0 unspecified atom stereocenters. The standard InChI is InChI=1S/C17H13FN4O/c18-13-5-2-6-14-16(13)17(23)22(15(21-14)7-8-19)12-4-1-3-11(9-12)10-20/h1-6,9H,7-8,19H2. The van der Waals surface area contributed by atoms with Crippen molar-refractivity contribution in [3.8, 4) is 11.8 Å². The molecule has 0 aliphatic carbocycles. The quantitative estimate of drug-likeness (QED) is 0.801. The number of aromatic nitrogens is 2. The summed E-state index contributed by atoms with van der Waals surface area (Å²) < 4.78 is 15.4. The number of nitriles is 1. The first-order chi connectivity index (χ1) is 11.2. The Morgan fingerprint density at radius 2 is 2.04 bits per heavy atom. The third-order valence-corrected chi connectivity index (χ3v) is 3.52. The van der Waals surface area contributed by atoms with Crippen LogP contribution in [0.15, 0.2) is 47.3 Å². The van der Waals surface area contributed by atoms with Crippen LogP contribution in [0.2, 0.25) is 0 Å². The van der Waals surface area contributed by atoms with Crippen molar-refractivity contribution in [2.24, 2.45) is 5.73 Å². The van der Waals surface area contributed by atoms with Crippen molar-refractivity contribution >= 4 is 10.9 Å². The molecule has 0 saturated carbocycles. The Kier molecular flexibility index (Phi) is 3.87. The van der Waals surface area contributed by atoms with Gasteiger partial charge in [-0.2, -0.15) is 5.26 Å². The van der Waals surface area contributed by atoms with Crippen LogP contribution in [0, 0.1) is 17.1 Å². The lowest BCUT2D eigenvalue weighted by atomic mass is 10.2. The number of benzene rings is 2. The van der Waals surface area contributed by atoms with E-state index in [4.69, 9.17) is 11.0 Å². The summed E-state index contributed by atoms with van der Waals surface area (Å²) in [5.41, 5.74) is 6.27. The van der Waals surface area contributed by atoms with Crippen molar-refractivity contribution in [2.45, 2.75) is 6.42 Å². The molecule has 2 N–H and O–H groups in total. The van der Waals surface area contributed by atoms with Crippen molar-refractivity contribution in [2.75, 3.05) is 6.54 Å². The molecule has 0 fully saturated rings. The molecular weight excluding hydrogens is 295 g/mol. The zero-order valence-electron chi connectivity index (χ0n) is 12.2. The topological polar surface area (TPSA) is 84.7 Å². The first-order valence-electron chi connectivity index (χ1n) is 7.06. The lowest BCUT2D eigenvalue weighted by Gasteiger charge is -2.13. The molecule has 0 atom stereocenters. The van der Waals surface area contributed by atoms with Gasteiger partial charge in [-0.3, -0.25) is 9.36 Å². The van der Waals surface area contributed by atoms with E-state index in [0.717, 1.165) is 0 Å². The fourth-order valence-electron chi connectivity index (χ4n) is 2.51. The van der Waals surface area contributed by atoms with Crippen LogP contribution in [0.1, 0.15) is 11.4 Å². The van der Waals surface area contributed by atoms with Crippen LogP contribution in [0.5, 0.6) is 0 Å². The fourth-order valence-corrected chi connectivity index (χ4v) is 2.51. The fraction of sp³-hybridized carbons (Fsp3) is 0.118. The highest BCUT2D eigenvalue weighted by Gasteiger charge is 2.15. The summed E-state index contributed by atoms with van der Waals surface area (Å²) in [7, 11) is 0. The summed E-state index contributed by atoms with van der Waals surface area (Å²) in [6.07, 6.45) is 0.360. The Morgan fingerprint density at radius 3 is 2.78 bits per heavy atom. The summed E-state index contributed by atoms with van der Waals surface area (Å²) in [5.74, 6) is -0.185. The van der Waals surface area contributed by atoms with Gasteiger partial charge in [0, 0.05) is 6.42 Å². The average molecular weight is 308 g/mol. The average Bonchev–Trinajstić information content (AvgIpc) is 2.55. The molecular formula is C17H13FN4O. The van der Waals surface area contributed by atoms with Gasteiger partial charge in [0.25, 0.3) is 5.56 Å². The molecule has 0 amide bonds. The second-order valence-corrected chi connectivity index (χ2v) is 5.00. The molecule has 3 rings (SSSR count). The Bertz CT molecular complexity index is 988. The van der Waals surface area contributed by atoms with Crippen molar-refractivity contribution in [3.63, 3.8) is 0 Å². The first-order valence-corrected chi connectivity index (χ1v) is 7.06. The summed E-state index contributed by atoms with van der Waals surface area (Å²) in [6.45, 7) is 0.297. The molecule has 1 aromatic heterocycles. The molecule has 114 valence electrons. The minimum absolute atomic E-state index is 0.0735.